The predicted molar refractivity (Wildman–Crippen MR) is 70.1 cm³/mol. The zero-order valence-corrected chi connectivity index (χ0v) is 10.6. The molecule has 0 aliphatic carbocycles. The van der Waals surface area contributed by atoms with Crippen LogP contribution in [0.15, 0.2) is 42.0 Å². The zero-order valence-electron chi connectivity index (χ0n) is 10.6. The molecule has 0 saturated carbocycles. The first-order chi connectivity index (χ1) is 8.88. The van der Waals surface area contributed by atoms with E-state index < -0.39 is 17.8 Å². The molecule has 4 nitrogen and oxygen atoms in total. The number of hydrogen-bond acceptors (Lipinski definition) is 2. The monoisotopic (exact) mass is 266 g/mol. The van der Waals surface area contributed by atoms with E-state index >= 15 is 0 Å². The van der Waals surface area contributed by atoms with Crippen molar-refractivity contribution < 1.29 is 24.2 Å². The van der Waals surface area contributed by atoms with Crippen LogP contribution in [-0.4, -0.2) is 22.2 Å². The molecule has 102 valence electrons. The van der Waals surface area contributed by atoms with Crippen molar-refractivity contribution in [1.82, 2.24) is 0 Å². The van der Waals surface area contributed by atoms with E-state index in [0.717, 1.165) is 6.08 Å². The third kappa shape index (κ3) is 7.49. The molecular formula is C14H15FO4. The molecule has 0 amide bonds. The van der Waals surface area contributed by atoms with Gasteiger partial charge in [-0.1, -0.05) is 24.3 Å². The highest BCUT2D eigenvalue weighted by molar-refractivity contribution is 5.85. The maximum Gasteiger partial charge on any atom is 0.330 e. The van der Waals surface area contributed by atoms with Crippen molar-refractivity contribution in [2.45, 2.75) is 13.8 Å². The third-order valence-electron chi connectivity index (χ3n) is 2.08. The number of aliphatic carboxylic acids is 2. The van der Waals surface area contributed by atoms with Crippen LogP contribution in [0, 0.1) is 5.82 Å². The first kappa shape index (κ1) is 16.6. The Kier molecular flexibility index (Phi) is 7.53. The molecule has 1 rings (SSSR count). The molecule has 0 aromatic heterocycles. The average molecular weight is 266 g/mol. The van der Waals surface area contributed by atoms with Crippen LogP contribution in [0.1, 0.15) is 19.4 Å². The van der Waals surface area contributed by atoms with Gasteiger partial charge in [0.25, 0.3) is 0 Å². The maximum absolute atomic E-state index is 12.8. The number of allylic oxidation sites excluding steroid dienone is 1. The Bertz CT molecular complexity index is 504. The van der Waals surface area contributed by atoms with Gasteiger partial charge in [-0.3, -0.25) is 0 Å². The SMILES string of the molecule is C/C=C(\C)C(=O)O.O=C(O)C=Cc1ccccc1F. The van der Waals surface area contributed by atoms with E-state index in [1.807, 2.05) is 0 Å². The fraction of sp³-hybridized carbons (Fsp3) is 0.143. The highest BCUT2D eigenvalue weighted by Gasteiger charge is 1.95. The van der Waals surface area contributed by atoms with Gasteiger partial charge < -0.3 is 10.2 Å². The lowest BCUT2D eigenvalue weighted by Crippen LogP contribution is -1.93. The minimum atomic E-state index is -1.08. The quantitative estimate of drug-likeness (QED) is 0.825. The summed E-state index contributed by atoms with van der Waals surface area (Å²) in [5.74, 6) is -2.35. The summed E-state index contributed by atoms with van der Waals surface area (Å²) in [6.07, 6.45) is 3.68. The van der Waals surface area contributed by atoms with Gasteiger partial charge in [-0.25, -0.2) is 14.0 Å². The van der Waals surface area contributed by atoms with Crippen molar-refractivity contribution in [1.29, 1.82) is 0 Å². The van der Waals surface area contributed by atoms with Crippen molar-refractivity contribution in [3.05, 3.63) is 53.4 Å². The van der Waals surface area contributed by atoms with E-state index in [4.69, 9.17) is 10.2 Å². The van der Waals surface area contributed by atoms with Crippen LogP contribution in [-0.2, 0) is 9.59 Å². The molecule has 0 heterocycles. The molecule has 0 bridgehead atoms. The minimum absolute atomic E-state index is 0.278. The molecule has 0 spiro atoms. The Labute approximate surface area is 110 Å². The first-order valence-corrected chi connectivity index (χ1v) is 5.40. The second kappa shape index (κ2) is 8.63. The summed E-state index contributed by atoms with van der Waals surface area (Å²) < 4.78 is 12.8. The summed E-state index contributed by atoms with van der Waals surface area (Å²) in [7, 11) is 0. The number of carboxylic acid groups (broad SMARTS) is 2. The summed E-state index contributed by atoms with van der Waals surface area (Å²) in [4.78, 5) is 19.9. The van der Waals surface area contributed by atoms with Crippen LogP contribution in [0.3, 0.4) is 0 Å². The lowest BCUT2D eigenvalue weighted by Gasteiger charge is -1.92. The summed E-state index contributed by atoms with van der Waals surface area (Å²) in [6.45, 7) is 3.26. The molecule has 5 heteroatoms. The molecular weight excluding hydrogens is 251 g/mol. The number of carboxylic acids is 2. The standard InChI is InChI=1S/C9H7FO2.C5H8O2/c10-8-4-2-1-3-7(8)5-6-9(11)12;1-3-4(2)5(6)7/h1-6H,(H,11,12);3H,1-2H3,(H,6,7)/b;4-3+. The van der Waals surface area contributed by atoms with Crippen LogP contribution >= 0.6 is 0 Å². The fourth-order valence-corrected chi connectivity index (χ4v) is 0.895. The lowest BCUT2D eigenvalue weighted by atomic mass is 10.2. The second-order valence-corrected chi connectivity index (χ2v) is 3.47. The normalized spacial score (nSPS) is 10.8. The fourth-order valence-electron chi connectivity index (χ4n) is 0.895. The number of benzene rings is 1. The van der Waals surface area contributed by atoms with Crippen LogP contribution in [0.5, 0.6) is 0 Å². The van der Waals surface area contributed by atoms with Crippen molar-refractivity contribution in [2.24, 2.45) is 0 Å². The first-order valence-electron chi connectivity index (χ1n) is 5.40. The number of carbonyl (C=O) groups is 2. The van der Waals surface area contributed by atoms with E-state index in [-0.39, 0.29) is 5.56 Å². The van der Waals surface area contributed by atoms with Crippen molar-refractivity contribution in [3.8, 4) is 0 Å². The Morgan fingerprint density at radius 2 is 1.79 bits per heavy atom. The van der Waals surface area contributed by atoms with Gasteiger partial charge in [0.15, 0.2) is 0 Å². The molecule has 0 aliphatic heterocycles. The van der Waals surface area contributed by atoms with Gasteiger partial charge in [-0.2, -0.15) is 0 Å². The van der Waals surface area contributed by atoms with Gasteiger partial charge in [0.05, 0.1) is 0 Å². The Morgan fingerprint density at radius 3 is 2.16 bits per heavy atom. The van der Waals surface area contributed by atoms with E-state index in [9.17, 15) is 14.0 Å². The van der Waals surface area contributed by atoms with Crippen LogP contribution in [0.2, 0.25) is 0 Å². The maximum atomic E-state index is 12.8. The van der Waals surface area contributed by atoms with Gasteiger partial charge in [-0.15, -0.1) is 0 Å². The molecule has 0 unspecified atom stereocenters. The van der Waals surface area contributed by atoms with E-state index in [1.54, 1.807) is 32.1 Å². The summed E-state index contributed by atoms with van der Waals surface area (Å²) in [5.41, 5.74) is 0.667. The van der Waals surface area contributed by atoms with Gasteiger partial charge in [0.1, 0.15) is 5.82 Å². The largest absolute Gasteiger partial charge is 0.478 e. The van der Waals surface area contributed by atoms with Crippen LogP contribution in [0.25, 0.3) is 6.08 Å². The van der Waals surface area contributed by atoms with Gasteiger partial charge in [-0.05, 0) is 26.0 Å². The smallest absolute Gasteiger partial charge is 0.330 e. The zero-order chi connectivity index (χ0) is 14.8. The average Bonchev–Trinajstić information content (AvgIpc) is 2.37. The molecule has 19 heavy (non-hydrogen) atoms. The molecule has 0 saturated heterocycles. The minimum Gasteiger partial charge on any atom is -0.478 e. The molecule has 0 aliphatic rings. The summed E-state index contributed by atoms with van der Waals surface area (Å²) in [5, 5.41) is 16.4. The predicted octanol–water partition coefficient (Wildman–Crippen LogP) is 2.96. The van der Waals surface area contributed by atoms with E-state index in [0.29, 0.717) is 5.57 Å². The highest BCUT2D eigenvalue weighted by atomic mass is 19.1. The van der Waals surface area contributed by atoms with Crippen molar-refractivity contribution in [2.75, 3.05) is 0 Å². The number of rotatable bonds is 3. The van der Waals surface area contributed by atoms with Crippen molar-refractivity contribution in [3.63, 3.8) is 0 Å². The highest BCUT2D eigenvalue weighted by Crippen LogP contribution is 2.07. The topological polar surface area (TPSA) is 74.6 Å². The molecule has 2 N–H and O–H groups in total. The van der Waals surface area contributed by atoms with Gasteiger partial charge >= 0.3 is 11.9 Å². The molecule has 0 atom stereocenters. The lowest BCUT2D eigenvalue weighted by molar-refractivity contribution is -0.133. The molecule has 0 fully saturated rings. The molecule has 1 aromatic rings. The Hall–Kier alpha value is -2.43. The Morgan fingerprint density at radius 1 is 1.21 bits per heavy atom. The Balaban J connectivity index is 0.000000399. The van der Waals surface area contributed by atoms with E-state index in [1.165, 1.54) is 18.2 Å². The van der Waals surface area contributed by atoms with Crippen LogP contribution in [0.4, 0.5) is 4.39 Å². The van der Waals surface area contributed by atoms with Gasteiger partial charge in [0.2, 0.25) is 0 Å². The molecule has 1 aromatic carbocycles. The van der Waals surface area contributed by atoms with Crippen molar-refractivity contribution >= 4 is 18.0 Å². The second-order valence-electron chi connectivity index (χ2n) is 3.47. The van der Waals surface area contributed by atoms with E-state index in [2.05, 4.69) is 0 Å². The number of halogens is 1. The number of hydrogen-bond donors (Lipinski definition) is 2. The third-order valence-corrected chi connectivity index (χ3v) is 2.08. The summed E-state index contributed by atoms with van der Waals surface area (Å²) >= 11 is 0. The van der Waals surface area contributed by atoms with Gasteiger partial charge in [0, 0.05) is 17.2 Å². The van der Waals surface area contributed by atoms with Crippen LogP contribution < -0.4 is 0 Å². The summed E-state index contributed by atoms with van der Waals surface area (Å²) in [6, 6.07) is 5.98. The molecule has 0 radical (unpaired) electrons.